The van der Waals surface area contributed by atoms with Crippen LogP contribution in [0.3, 0.4) is 0 Å². The van der Waals surface area contributed by atoms with Gasteiger partial charge in [-0.1, -0.05) is 0 Å². The summed E-state index contributed by atoms with van der Waals surface area (Å²) in [5.41, 5.74) is 7.19. The van der Waals surface area contributed by atoms with Gasteiger partial charge in [0.15, 0.2) is 0 Å². The number of hydrogen-bond donors (Lipinski definition) is 2. The molecule has 0 aliphatic carbocycles. The Bertz CT molecular complexity index is 248. The van der Waals surface area contributed by atoms with Crippen LogP contribution in [0.15, 0.2) is 11.3 Å². The number of hydrogen-bond acceptors (Lipinski definition) is 2. The van der Waals surface area contributed by atoms with Gasteiger partial charge in [0.2, 0.25) is 0 Å². The Kier molecular flexibility index (Phi) is 1.71. The van der Waals surface area contributed by atoms with Gasteiger partial charge >= 0.3 is 0 Å². The average Bonchev–Trinajstić information content (AvgIpc) is 2.34. The number of aryl methyl sites for hydroxylation is 1. The van der Waals surface area contributed by atoms with E-state index in [0.29, 0.717) is 5.84 Å². The number of aromatic amines is 1. The summed E-state index contributed by atoms with van der Waals surface area (Å²) in [6.07, 6.45) is 1.60. The summed E-state index contributed by atoms with van der Waals surface area (Å²) in [5.74, 6) is 0.471. The fourth-order valence-corrected chi connectivity index (χ4v) is 0.723. The van der Waals surface area contributed by atoms with Crippen molar-refractivity contribution >= 4 is 5.84 Å². The van der Waals surface area contributed by atoms with Crippen LogP contribution in [0.1, 0.15) is 11.4 Å². The first-order valence-electron chi connectivity index (χ1n) is 2.98. The lowest BCUT2D eigenvalue weighted by Gasteiger charge is -1.93. The van der Waals surface area contributed by atoms with Crippen LogP contribution in [-0.2, 0) is 0 Å². The zero-order chi connectivity index (χ0) is 7.56. The van der Waals surface area contributed by atoms with Crippen LogP contribution in [0.4, 0.5) is 0 Å². The minimum Gasteiger partial charge on any atom is -0.382 e. The molecule has 0 fully saturated rings. The number of amidine groups is 1. The van der Waals surface area contributed by atoms with E-state index in [1.165, 1.54) is 0 Å². The maximum atomic E-state index is 5.51. The van der Waals surface area contributed by atoms with Crippen LogP contribution in [0.25, 0.3) is 0 Å². The number of rotatable bonds is 1. The van der Waals surface area contributed by atoms with Gasteiger partial charge in [0.25, 0.3) is 0 Å². The predicted octanol–water partition coefficient (Wildman–Crippen LogP) is 0.0532. The molecule has 1 heterocycles. The molecule has 1 aromatic rings. The lowest BCUT2D eigenvalue weighted by molar-refractivity contribution is 1.25. The highest BCUT2D eigenvalue weighted by Crippen LogP contribution is 1.98. The summed E-state index contributed by atoms with van der Waals surface area (Å²) in [5, 5.41) is 0. The second kappa shape index (κ2) is 2.51. The van der Waals surface area contributed by atoms with Crippen molar-refractivity contribution in [1.29, 1.82) is 0 Å². The van der Waals surface area contributed by atoms with Crippen molar-refractivity contribution in [1.82, 2.24) is 9.97 Å². The van der Waals surface area contributed by atoms with E-state index in [9.17, 15) is 0 Å². The van der Waals surface area contributed by atoms with Gasteiger partial charge in [-0.05, 0) is 6.92 Å². The molecular weight excluding hydrogens is 128 g/mol. The third-order valence-corrected chi connectivity index (χ3v) is 1.31. The molecule has 0 aromatic carbocycles. The Hall–Kier alpha value is -1.32. The Morgan fingerprint density at radius 3 is 2.90 bits per heavy atom. The van der Waals surface area contributed by atoms with Crippen LogP contribution in [0.5, 0.6) is 0 Å². The number of H-pyrrole nitrogens is 1. The topological polar surface area (TPSA) is 67.1 Å². The monoisotopic (exact) mass is 138 g/mol. The van der Waals surface area contributed by atoms with Crippen LogP contribution in [0, 0.1) is 6.92 Å². The fraction of sp³-hybridized carbons (Fsp3) is 0.333. The predicted molar refractivity (Wildman–Crippen MR) is 40.0 cm³/mol. The zero-order valence-electron chi connectivity index (χ0n) is 6.05. The summed E-state index contributed by atoms with van der Waals surface area (Å²) in [7, 11) is 1.64. The van der Waals surface area contributed by atoms with Gasteiger partial charge in [0, 0.05) is 12.7 Å². The third kappa shape index (κ3) is 1.00. The Balaban J connectivity index is 3.05. The Morgan fingerprint density at radius 1 is 1.80 bits per heavy atom. The van der Waals surface area contributed by atoms with Crippen LogP contribution in [-0.4, -0.2) is 22.9 Å². The number of aromatic nitrogens is 2. The molecule has 0 unspecified atom stereocenters. The quantitative estimate of drug-likeness (QED) is 0.425. The molecule has 0 radical (unpaired) electrons. The number of imidazole rings is 1. The molecule has 0 aliphatic rings. The molecule has 0 amide bonds. The Morgan fingerprint density at radius 2 is 2.50 bits per heavy atom. The van der Waals surface area contributed by atoms with E-state index in [1.807, 2.05) is 6.92 Å². The van der Waals surface area contributed by atoms with Gasteiger partial charge in [-0.3, -0.25) is 4.99 Å². The highest BCUT2D eigenvalue weighted by atomic mass is 14.9. The smallest absolute Gasteiger partial charge is 0.146 e. The molecule has 0 atom stereocenters. The largest absolute Gasteiger partial charge is 0.382 e. The summed E-state index contributed by atoms with van der Waals surface area (Å²) in [4.78, 5) is 10.7. The van der Waals surface area contributed by atoms with E-state index in [-0.39, 0.29) is 0 Å². The van der Waals surface area contributed by atoms with Gasteiger partial charge in [-0.25, -0.2) is 4.98 Å². The number of nitrogens with zero attached hydrogens (tertiary/aromatic N) is 2. The molecule has 3 N–H and O–H groups in total. The first-order valence-corrected chi connectivity index (χ1v) is 2.98. The molecule has 4 nitrogen and oxygen atoms in total. The maximum absolute atomic E-state index is 5.51. The summed E-state index contributed by atoms with van der Waals surface area (Å²) in [6.45, 7) is 1.90. The molecular formula is C6H10N4. The molecule has 1 aromatic heterocycles. The Labute approximate surface area is 59.2 Å². The maximum Gasteiger partial charge on any atom is 0.146 e. The van der Waals surface area contributed by atoms with E-state index in [2.05, 4.69) is 15.0 Å². The van der Waals surface area contributed by atoms with Gasteiger partial charge in [-0.2, -0.15) is 0 Å². The molecule has 0 saturated carbocycles. The molecule has 4 heteroatoms. The average molecular weight is 138 g/mol. The van der Waals surface area contributed by atoms with Crippen LogP contribution in [0.2, 0.25) is 0 Å². The molecule has 0 saturated heterocycles. The lowest BCUT2D eigenvalue weighted by Crippen LogP contribution is -2.14. The minimum absolute atomic E-state index is 0.471. The van der Waals surface area contributed by atoms with Gasteiger partial charge < -0.3 is 10.7 Å². The molecule has 0 spiro atoms. The number of nitrogens with two attached hydrogens (primary N) is 1. The van der Waals surface area contributed by atoms with E-state index >= 15 is 0 Å². The first kappa shape index (κ1) is 6.80. The lowest BCUT2D eigenvalue weighted by atomic mass is 10.3. The van der Waals surface area contributed by atoms with Gasteiger partial charge in [0.05, 0.1) is 6.33 Å². The third-order valence-electron chi connectivity index (χ3n) is 1.31. The van der Waals surface area contributed by atoms with E-state index in [4.69, 9.17) is 5.73 Å². The summed E-state index contributed by atoms with van der Waals surface area (Å²) >= 11 is 0. The van der Waals surface area contributed by atoms with Crippen molar-refractivity contribution in [3.05, 3.63) is 17.7 Å². The van der Waals surface area contributed by atoms with Crippen LogP contribution < -0.4 is 5.73 Å². The van der Waals surface area contributed by atoms with Gasteiger partial charge in [0.1, 0.15) is 11.5 Å². The molecule has 54 valence electrons. The van der Waals surface area contributed by atoms with Crippen molar-refractivity contribution in [3.8, 4) is 0 Å². The van der Waals surface area contributed by atoms with Crippen LogP contribution >= 0.6 is 0 Å². The van der Waals surface area contributed by atoms with Crippen molar-refractivity contribution in [3.63, 3.8) is 0 Å². The minimum atomic E-state index is 0.471. The number of aliphatic imine (C=N–C) groups is 1. The second-order valence-electron chi connectivity index (χ2n) is 1.98. The van der Waals surface area contributed by atoms with Gasteiger partial charge in [-0.15, -0.1) is 0 Å². The standard InChI is InChI=1S/C6H10N4/c1-4-5(6(7)8-2)10-3-9-4/h3H,1-2H3,(H2,7,8)(H,9,10). The normalized spacial score (nSPS) is 12.0. The summed E-state index contributed by atoms with van der Waals surface area (Å²) < 4.78 is 0. The zero-order valence-corrected chi connectivity index (χ0v) is 6.05. The van der Waals surface area contributed by atoms with Crippen molar-refractivity contribution < 1.29 is 0 Å². The van der Waals surface area contributed by atoms with E-state index in [0.717, 1.165) is 11.4 Å². The van der Waals surface area contributed by atoms with E-state index in [1.54, 1.807) is 13.4 Å². The molecule has 0 bridgehead atoms. The highest BCUT2D eigenvalue weighted by molar-refractivity contribution is 5.96. The van der Waals surface area contributed by atoms with Crippen molar-refractivity contribution in [2.24, 2.45) is 10.7 Å². The fourth-order valence-electron chi connectivity index (χ4n) is 0.723. The molecule has 1 rings (SSSR count). The number of nitrogens with one attached hydrogen (secondary N) is 1. The molecule has 0 aliphatic heterocycles. The highest BCUT2D eigenvalue weighted by Gasteiger charge is 2.02. The van der Waals surface area contributed by atoms with Crippen molar-refractivity contribution in [2.75, 3.05) is 7.05 Å². The second-order valence-corrected chi connectivity index (χ2v) is 1.98. The summed E-state index contributed by atoms with van der Waals surface area (Å²) in [6, 6.07) is 0. The SMILES string of the molecule is C/N=C(/N)c1nc[nH]c1C. The van der Waals surface area contributed by atoms with E-state index < -0.39 is 0 Å². The first-order chi connectivity index (χ1) is 4.75. The van der Waals surface area contributed by atoms with Crippen molar-refractivity contribution in [2.45, 2.75) is 6.92 Å². The molecule has 10 heavy (non-hydrogen) atoms.